The summed E-state index contributed by atoms with van der Waals surface area (Å²) in [5.74, 6) is -1.55. The third kappa shape index (κ3) is 7.25. The lowest BCUT2D eigenvalue weighted by Crippen LogP contribution is -2.47. The van der Waals surface area contributed by atoms with Gasteiger partial charge in [0.1, 0.15) is 11.6 Å². The van der Waals surface area contributed by atoms with Gasteiger partial charge in [0.15, 0.2) is 0 Å². The van der Waals surface area contributed by atoms with Crippen molar-refractivity contribution in [2.45, 2.75) is 38.8 Å². The topological polar surface area (TPSA) is 87.1 Å². The minimum absolute atomic E-state index is 0.0864. The molecule has 0 saturated heterocycles. The molecule has 0 saturated carbocycles. The van der Waals surface area contributed by atoms with Gasteiger partial charge in [0, 0.05) is 6.54 Å². The van der Waals surface area contributed by atoms with Crippen molar-refractivity contribution in [1.29, 1.82) is 0 Å². The highest BCUT2D eigenvalue weighted by Crippen LogP contribution is 2.12. The second-order valence-corrected chi connectivity index (χ2v) is 6.32. The van der Waals surface area contributed by atoms with E-state index in [2.05, 4.69) is 0 Å². The van der Waals surface area contributed by atoms with Gasteiger partial charge in [-0.25, -0.2) is 0 Å². The van der Waals surface area contributed by atoms with Gasteiger partial charge < -0.3 is 14.9 Å². The Hall–Kier alpha value is -1.92. The third-order valence-corrected chi connectivity index (χ3v) is 3.14. The fourth-order valence-corrected chi connectivity index (χ4v) is 2.22. The van der Waals surface area contributed by atoms with E-state index < -0.39 is 23.6 Å². The summed E-state index contributed by atoms with van der Waals surface area (Å²) in [5, 5.41) is 18.7. The molecule has 0 bridgehead atoms. The first kappa shape index (κ1) is 19.1. The Kier molecular flexibility index (Phi) is 7.19. The molecule has 1 aromatic rings. The van der Waals surface area contributed by atoms with Crippen LogP contribution in [0.3, 0.4) is 0 Å². The highest BCUT2D eigenvalue weighted by molar-refractivity contribution is 5.76. The Morgan fingerprint density at radius 2 is 1.83 bits per heavy atom. The lowest BCUT2D eigenvalue weighted by atomic mass is 10.0. The number of ether oxygens (including phenoxy) is 1. The van der Waals surface area contributed by atoms with Gasteiger partial charge in [0.05, 0.1) is 13.2 Å². The van der Waals surface area contributed by atoms with Crippen molar-refractivity contribution in [3.05, 3.63) is 35.9 Å². The molecule has 23 heavy (non-hydrogen) atoms. The Labute approximate surface area is 136 Å². The maximum absolute atomic E-state index is 12.0. The fourth-order valence-electron chi connectivity index (χ4n) is 2.22. The summed E-state index contributed by atoms with van der Waals surface area (Å²) in [6.07, 6.45) is 0.249. The van der Waals surface area contributed by atoms with Gasteiger partial charge in [-0.3, -0.25) is 14.5 Å². The van der Waals surface area contributed by atoms with Crippen molar-refractivity contribution in [1.82, 2.24) is 4.90 Å². The molecule has 0 aliphatic heterocycles. The van der Waals surface area contributed by atoms with Crippen LogP contribution in [0.4, 0.5) is 0 Å². The van der Waals surface area contributed by atoms with Crippen molar-refractivity contribution in [3.63, 3.8) is 0 Å². The zero-order chi connectivity index (χ0) is 17.5. The Morgan fingerprint density at radius 1 is 1.22 bits per heavy atom. The summed E-state index contributed by atoms with van der Waals surface area (Å²) < 4.78 is 5.24. The number of nitrogens with zero attached hydrogens (tertiary/aromatic N) is 1. The van der Waals surface area contributed by atoms with E-state index in [0.717, 1.165) is 5.56 Å². The van der Waals surface area contributed by atoms with Crippen LogP contribution in [0.2, 0.25) is 0 Å². The summed E-state index contributed by atoms with van der Waals surface area (Å²) in [5.41, 5.74) is 0.215. The fraction of sp³-hybridized carbons (Fsp3) is 0.529. The number of carbonyl (C=O) groups is 2. The standard InChI is InChI=1S/C17H25NO5/c1-17(2,3)23-15(20)12-18(9-10-19)14(16(21)22)11-13-7-5-4-6-8-13/h4-8,14,19H,9-12H2,1-3H3,(H,21,22)/t14-/m0/s1. The van der Waals surface area contributed by atoms with Gasteiger partial charge in [0.2, 0.25) is 0 Å². The molecule has 0 fully saturated rings. The van der Waals surface area contributed by atoms with Crippen LogP contribution in [0.15, 0.2) is 30.3 Å². The molecule has 0 amide bonds. The maximum atomic E-state index is 12.0. The number of aliphatic hydroxyl groups excluding tert-OH is 1. The van der Waals surface area contributed by atoms with Crippen LogP contribution in [0.5, 0.6) is 0 Å². The van der Waals surface area contributed by atoms with Crippen LogP contribution in [-0.4, -0.2) is 58.4 Å². The molecule has 1 atom stereocenters. The Balaban J connectivity index is 2.84. The van der Waals surface area contributed by atoms with Gasteiger partial charge >= 0.3 is 11.9 Å². The van der Waals surface area contributed by atoms with Gasteiger partial charge in [0.25, 0.3) is 0 Å². The summed E-state index contributed by atoms with van der Waals surface area (Å²) in [6, 6.07) is 8.28. The predicted octanol–water partition coefficient (Wildman–Crippen LogP) is 1.32. The first-order valence-electron chi connectivity index (χ1n) is 7.56. The van der Waals surface area contributed by atoms with Crippen molar-refractivity contribution in [2.75, 3.05) is 19.7 Å². The molecule has 1 aromatic carbocycles. The molecule has 0 aliphatic carbocycles. The van der Waals surface area contributed by atoms with Gasteiger partial charge in [-0.15, -0.1) is 0 Å². The molecule has 0 heterocycles. The Morgan fingerprint density at radius 3 is 2.30 bits per heavy atom. The van der Waals surface area contributed by atoms with Crippen molar-refractivity contribution < 1.29 is 24.5 Å². The van der Waals surface area contributed by atoms with E-state index in [1.807, 2.05) is 30.3 Å². The molecular weight excluding hydrogens is 298 g/mol. The molecule has 2 N–H and O–H groups in total. The molecule has 1 rings (SSSR count). The quantitative estimate of drug-likeness (QED) is 0.702. The van der Waals surface area contributed by atoms with E-state index in [4.69, 9.17) is 4.74 Å². The van der Waals surface area contributed by atoms with E-state index in [1.54, 1.807) is 20.8 Å². The molecule has 6 nitrogen and oxygen atoms in total. The van der Waals surface area contributed by atoms with Crippen molar-refractivity contribution >= 4 is 11.9 Å². The molecule has 0 unspecified atom stereocenters. The van der Waals surface area contributed by atoms with Crippen LogP contribution in [-0.2, 0) is 20.7 Å². The number of rotatable bonds is 8. The average Bonchev–Trinajstić information content (AvgIpc) is 2.43. The largest absolute Gasteiger partial charge is 0.480 e. The van der Waals surface area contributed by atoms with E-state index in [9.17, 15) is 19.8 Å². The summed E-state index contributed by atoms with van der Waals surface area (Å²) in [7, 11) is 0. The number of carboxylic acids is 1. The summed E-state index contributed by atoms with van der Waals surface area (Å²) in [4.78, 5) is 25.0. The van der Waals surface area contributed by atoms with Gasteiger partial charge in [-0.1, -0.05) is 30.3 Å². The van der Waals surface area contributed by atoms with Crippen LogP contribution in [0, 0.1) is 0 Å². The van der Waals surface area contributed by atoms with Crippen LogP contribution >= 0.6 is 0 Å². The zero-order valence-corrected chi connectivity index (χ0v) is 13.9. The number of carboxylic acid groups (broad SMARTS) is 1. The van der Waals surface area contributed by atoms with Gasteiger partial charge in [-0.2, -0.15) is 0 Å². The molecule has 0 aromatic heterocycles. The minimum Gasteiger partial charge on any atom is -0.480 e. The van der Waals surface area contributed by atoms with E-state index >= 15 is 0 Å². The molecular formula is C17H25NO5. The van der Waals surface area contributed by atoms with E-state index in [-0.39, 0.29) is 26.1 Å². The summed E-state index contributed by atoms with van der Waals surface area (Å²) in [6.45, 7) is 4.92. The molecule has 0 spiro atoms. The molecule has 0 radical (unpaired) electrons. The van der Waals surface area contributed by atoms with Crippen LogP contribution < -0.4 is 0 Å². The predicted molar refractivity (Wildman–Crippen MR) is 86.1 cm³/mol. The number of benzene rings is 1. The third-order valence-electron chi connectivity index (χ3n) is 3.14. The molecule has 0 aliphatic rings. The molecule has 6 heteroatoms. The number of esters is 1. The lowest BCUT2D eigenvalue weighted by molar-refractivity contribution is -0.158. The highest BCUT2D eigenvalue weighted by Gasteiger charge is 2.29. The number of aliphatic carboxylic acids is 1. The normalized spacial score (nSPS) is 12.9. The Bertz CT molecular complexity index is 509. The maximum Gasteiger partial charge on any atom is 0.321 e. The monoisotopic (exact) mass is 323 g/mol. The molecule has 128 valence electrons. The number of carbonyl (C=O) groups excluding carboxylic acids is 1. The van der Waals surface area contributed by atoms with Crippen molar-refractivity contribution in [3.8, 4) is 0 Å². The highest BCUT2D eigenvalue weighted by atomic mass is 16.6. The summed E-state index contributed by atoms with van der Waals surface area (Å²) >= 11 is 0. The first-order valence-corrected chi connectivity index (χ1v) is 7.56. The second kappa shape index (κ2) is 8.64. The van der Waals surface area contributed by atoms with E-state index in [0.29, 0.717) is 0 Å². The number of hydrogen-bond acceptors (Lipinski definition) is 5. The average molecular weight is 323 g/mol. The van der Waals surface area contributed by atoms with E-state index in [1.165, 1.54) is 4.90 Å². The number of hydrogen-bond donors (Lipinski definition) is 2. The number of aliphatic hydroxyl groups is 1. The zero-order valence-electron chi connectivity index (χ0n) is 13.9. The smallest absolute Gasteiger partial charge is 0.321 e. The van der Waals surface area contributed by atoms with Gasteiger partial charge in [-0.05, 0) is 32.8 Å². The second-order valence-electron chi connectivity index (χ2n) is 6.32. The first-order chi connectivity index (χ1) is 10.7. The van der Waals surface area contributed by atoms with Crippen molar-refractivity contribution in [2.24, 2.45) is 0 Å². The minimum atomic E-state index is -1.04. The van der Waals surface area contributed by atoms with Crippen LogP contribution in [0.25, 0.3) is 0 Å². The lowest BCUT2D eigenvalue weighted by Gasteiger charge is -2.29. The SMILES string of the molecule is CC(C)(C)OC(=O)CN(CCO)[C@@H](Cc1ccccc1)C(=O)O. The van der Waals surface area contributed by atoms with Crippen LogP contribution in [0.1, 0.15) is 26.3 Å².